The van der Waals surface area contributed by atoms with Crippen LogP contribution in [0.5, 0.6) is 0 Å². The number of hydrogen-bond acceptors (Lipinski definition) is 6. The second kappa shape index (κ2) is 7.73. The SMILES string of the molecule is Cc1cc(C(=O)NNC(=O)c2occc2CS(=O)(=O)c2ccccc2)c(C)o1. The van der Waals surface area contributed by atoms with Gasteiger partial charge in [0.2, 0.25) is 0 Å². The van der Waals surface area contributed by atoms with Crippen LogP contribution in [0.25, 0.3) is 0 Å². The fraction of sp³-hybridized carbons (Fsp3) is 0.158. The summed E-state index contributed by atoms with van der Waals surface area (Å²) in [5, 5.41) is 0. The molecule has 146 valence electrons. The van der Waals surface area contributed by atoms with Crippen molar-refractivity contribution in [2.24, 2.45) is 0 Å². The summed E-state index contributed by atoms with van der Waals surface area (Å²) in [6, 6.07) is 10.8. The molecular formula is C19H18N2O6S. The number of carbonyl (C=O) groups excluding carboxylic acids is 2. The lowest BCUT2D eigenvalue weighted by atomic mass is 10.2. The quantitative estimate of drug-likeness (QED) is 0.633. The molecule has 3 aromatic rings. The van der Waals surface area contributed by atoms with Crippen molar-refractivity contribution >= 4 is 21.7 Å². The lowest BCUT2D eigenvalue weighted by molar-refractivity contribution is 0.0829. The van der Waals surface area contributed by atoms with Crippen LogP contribution in [-0.4, -0.2) is 20.2 Å². The van der Waals surface area contributed by atoms with Gasteiger partial charge in [-0.3, -0.25) is 20.4 Å². The van der Waals surface area contributed by atoms with Gasteiger partial charge in [0.25, 0.3) is 5.91 Å². The standard InChI is InChI=1S/C19H18N2O6S/c1-12-10-16(13(2)27-12)18(22)20-21-19(23)17-14(8-9-26-17)11-28(24,25)15-6-4-3-5-7-15/h3-10H,11H2,1-2H3,(H,20,22)(H,21,23). The molecular weight excluding hydrogens is 384 g/mol. The molecule has 2 heterocycles. The number of sulfone groups is 1. The van der Waals surface area contributed by atoms with Gasteiger partial charge < -0.3 is 8.83 Å². The van der Waals surface area contributed by atoms with E-state index < -0.39 is 27.4 Å². The minimum Gasteiger partial charge on any atom is -0.466 e. The molecule has 2 N–H and O–H groups in total. The zero-order valence-electron chi connectivity index (χ0n) is 15.2. The van der Waals surface area contributed by atoms with Gasteiger partial charge >= 0.3 is 5.91 Å². The minimum atomic E-state index is -3.66. The van der Waals surface area contributed by atoms with Gasteiger partial charge in [-0.15, -0.1) is 0 Å². The average molecular weight is 402 g/mol. The Bertz CT molecular complexity index is 1110. The predicted octanol–water partition coefficient (Wildman–Crippen LogP) is 2.54. The molecule has 2 aromatic heterocycles. The van der Waals surface area contributed by atoms with Gasteiger partial charge in [-0.25, -0.2) is 8.42 Å². The van der Waals surface area contributed by atoms with Crippen LogP contribution in [0.2, 0.25) is 0 Å². The molecule has 0 atom stereocenters. The fourth-order valence-electron chi connectivity index (χ4n) is 2.66. The molecule has 3 rings (SSSR count). The summed E-state index contributed by atoms with van der Waals surface area (Å²) in [7, 11) is -3.66. The van der Waals surface area contributed by atoms with Crippen molar-refractivity contribution < 1.29 is 26.8 Å². The number of hydrazine groups is 1. The van der Waals surface area contributed by atoms with Crippen molar-refractivity contribution in [3.05, 3.63) is 77.1 Å². The summed E-state index contributed by atoms with van der Waals surface area (Å²) in [5.74, 6) is -0.961. The highest BCUT2D eigenvalue weighted by Crippen LogP contribution is 2.20. The van der Waals surface area contributed by atoms with Gasteiger partial charge in [-0.1, -0.05) is 18.2 Å². The number of rotatable bonds is 5. The summed E-state index contributed by atoms with van der Waals surface area (Å²) < 4.78 is 35.4. The summed E-state index contributed by atoms with van der Waals surface area (Å²) in [4.78, 5) is 24.6. The van der Waals surface area contributed by atoms with Crippen molar-refractivity contribution in [3.8, 4) is 0 Å². The number of carbonyl (C=O) groups is 2. The number of nitrogens with one attached hydrogen (secondary N) is 2. The van der Waals surface area contributed by atoms with Crippen LogP contribution < -0.4 is 10.9 Å². The van der Waals surface area contributed by atoms with E-state index in [4.69, 9.17) is 8.83 Å². The largest absolute Gasteiger partial charge is 0.466 e. The number of furan rings is 2. The zero-order valence-corrected chi connectivity index (χ0v) is 16.0. The van der Waals surface area contributed by atoms with Gasteiger partial charge in [-0.05, 0) is 38.1 Å². The highest BCUT2D eigenvalue weighted by molar-refractivity contribution is 7.90. The van der Waals surface area contributed by atoms with Crippen LogP contribution in [0.1, 0.15) is 38.0 Å². The Morgan fingerprint density at radius 3 is 2.32 bits per heavy atom. The second-order valence-electron chi connectivity index (χ2n) is 6.08. The molecule has 0 spiro atoms. The van der Waals surface area contributed by atoms with E-state index in [1.54, 1.807) is 38.1 Å². The second-order valence-corrected chi connectivity index (χ2v) is 8.07. The molecule has 9 heteroatoms. The summed E-state index contributed by atoms with van der Waals surface area (Å²) >= 11 is 0. The third-order valence-corrected chi connectivity index (χ3v) is 5.66. The Labute approximate surface area is 161 Å². The highest BCUT2D eigenvalue weighted by atomic mass is 32.2. The molecule has 2 amide bonds. The maximum atomic E-state index is 12.5. The van der Waals surface area contributed by atoms with E-state index in [0.29, 0.717) is 11.5 Å². The molecule has 1 aromatic carbocycles. The first-order valence-corrected chi connectivity index (χ1v) is 9.95. The molecule has 8 nitrogen and oxygen atoms in total. The van der Waals surface area contributed by atoms with E-state index in [2.05, 4.69) is 10.9 Å². The van der Waals surface area contributed by atoms with Crippen molar-refractivity contribution in [2.45, 2.75) is 24.5 Å². The lowest BCUT2D eigenvalue weighted by Gasteiger charge is -2.07. The van der Waals surface area contributed by atoms with E-state index in [0.717, 1.165) is 0 Å². The first-order chi connectivity index (χ1) is 13.3. The Morgan fingerprint density at radius 1 is 1.00 bits per heavy atom. The van der Waals surface area contributed by atoms with Crippen LogP contribution in [0.15, 0.2) is 62.5 Å². The van der Waals surface area contributed by atoms with Crippen LogP contribution >= 0.6 is 0 Å². The fourth-order valence-corrected chi connectivity index (χ4v) is 4.03. The van der Waals surface area contributed by atoms with Crippen molar-refractivity contribution in [1.82, 2.24) is 10.9 Å². The Balaban J connectivity index is 1.70. The minimum absolute atomic E-state index is 0.140. The Morgan fingerprint density at radius 2 is 1.68 bits per heavy atom. The highest BCUT2D eigenvalue weighted by Gasteiger charge is 2.23. The molecule has 0 radical (unpaired) electrons. The molecule has 28 heavy (non-hydrogen) atoms. The number of hydrogen-bond donors (Lipinski definition) is 2. The molecule has 0 bridgehead atoms. The summed E-state index contributed by atoms with van der Waals surface area (Å²) in [5.41, 5.74) is 4.94. The topological polar surface area (TPSA) is 119 Å². The van der Waals surface area contributed by atoms with Gasteiger partial charge in [0.15, 0.2) is 15.6 Å². The maximum absolute atomic E-state index is 12.5. The molecule has 0 aliphatic carbocycles. The summed E-state index contributed by atoms with van der Waals surface area (Å²) in [6.45, 7) is 3.33. The zero-order chi connectivity index (χ0) is 20.3. The molecule has 0 saturated heterocycles. The van der Waals surface area contributed by atoms with Crippen LogP contribution in [0.3, 0.4) is 0 Å². The van der Waals surface area contributed by atoms with Crippen molar-refractivity contribution in [1.29, 1.82) is 0 Å². The van der Waals surface area contributed by atoms with Crippen molar-refractivity contribution in [3.63, 3.8) is 0 Å². The van der Waals surface area contributed by atoms with Gasteiger partial charge in [0, 0.05) is 5.56 Å². The van der Waals surface area contributed by atoms with Crippen molar-refractivity contribution in [2.75, 3.05) is 0 Å². The number of benzene rings is 1. The smallest absolute Gasteiger partial charge is 0.305 e. The third-order valence-electron chi connectivity index (χ3n) is 3.98. The number of aryl methyl sites for hydroxylation is 2. The molecule has 0 fully saturated rings. The van der Waals surface area contributed by atoms with E-state index in [-0.39, 0.29) is 21.8 Å². The normalized spacial score (nSPS) is 11.2. The van der Waals surface area contributed by atoms with Crippen LogP contribution in [0.4, 0.5) is 0 Å². The summed E-state index contributed by atoms with van der Waals surface area (Å²) in [6.07, 6.45) is 1.22. The monoisotopic (exact) mass is 402 g/mol. The molecule has 0 aliphatic rings. The first-order valence-electron chi connectivity index (χ1n) is 8.30. The Kier molecular flexibility index (Phi) is 5.36. The first kappa shape index (κ1) is 19.4. The van der Waals surface area contributed by atoms with E-state index >= 15 is 0 Å². The van der Waals surface area contributed by atoms with E-state index in [1.807, 2.05) is 0 Å². The van der Waals surface area contributed by atoms with Gasteiger partial charge in [0.05, 0.1) is 22.5 Å². The number of amides is 2. The Hall–Kier alpha value is -3.33. The van der Waals surface area contributed by atoms with Crippen LogP contribution in [-0.2, 0) is 15.6 Å². The predicted molar refractivity (Wildman–Crippen MR) is 99.2 cm³/mol. The molecule has 0 aliphatic heterocycles. The maximum Gasteiger partial charge on any atom is 0.305 e. The average Bonchev–Trinajstić information content (AvgIpc) is 3.25. The van der Waals surface area contributed by atoms with Gasteiger partial charge in [-0.2, -0.15) is 0 Å². The molecule has 0 saturated carbocycles. The van der Waals surface area contributed by atoms with E-state index in [9.17, 15) is 18.0 Å². The third kappa shape index (κ3) is 4.15. The van der Waals surface area contributed by atoms with E-state index in [1.165, 1.54) is 24.5 Å². The molecule has 0 unspecified atom stereocenters. The van der Waals surface area contributed by atoms with Crippen LogP contribution in [0, 0.1) is 13.8 Å². The van der Waals surface area contributed by atoms with Gasteiger partial charge in [0.1, 0.15) is 11.5 Å². The lowest BCUT2D eigenvalue weighted by Crippen LogP contribution is -2.41.